The van der Waals surface area contributed by atoms with Gasteiger partial charge in [0.15, 0.2) is 0 Å². The van der Waals surface area contributed by atoms with E-state index in [4.69, 9.17) is 27.9 Å². The summed E-state index contributed by atoms with van der Waals surface area (Å²) >= 11 is 11.2. The molecule has 0 atom stereocenters. The molecule has 0 aliphatic heterocycles. The highest BCUT2D eigenvalue weighted by Crippen LogP contribution is 2.16. The van der Waals surface area contributed by atoms with Crippen LogP contribution in [0.4, 0.5) is 0 Å². The summed E-state index contributed by atoms with van der Waals surface area (Å²) in [5.74, 6) is 0.909. The van der Waals surface area contributed by atoms with Crippen LogP contribution in [0, 0.1) is 0 Å². The van der Waals surface area contributed by atoms with Gasteiger partial charge in [0.1, 0.15) is 5.15 Å². The zero-order valence-corrected chi connectivity index (χ0v) is 7.49. The van der Waals surface area contributed by atoms with Crippen LogP contribution < -0.4 is 4.74 Å². The normalized spacial score (nSPS) is 9.73. The van der Waals surface area contributed by atoms with Crippen LogP contribution in [0.25, 0.3) is 0 Å². The predicted molar refractivity (Wildman–Crippen MR) is 45.4 cm³/mol. The van der Waals surface area contributed by atoms with E-state index in [2.05, 4.69) is 4.98 Å². The molecule has 0 radical (unpaired) electrons. The van der Waals surface area contributed by atoms with Gasteiger partial charge in [-0.05, 0) is 11.6 Å². The molecular weight excluding hydrogens is 185 g/mol. The third-order valence-corrected chi connectivity index (χ3v) is 1.70. The fraction of sp³-hybridized carbons (Fsp3) is 0.286. The van der Waals surface area contributed by atoms with Gasteiger partial charge in [-0.3, -0.25) is 0 Å². The van der Waals surface area contributed by atoms with Crippen molar-refractivity contribution in [1.82, 2.24) is 4.98 Å². The Labute approximate surface area is 75.1 Å². The summed E-state index contributed by atoms with van der Waals surface area (Å²) in [5, 5.41) is 0.403. The van der Waals surface area contributed by atoms with Crippen molar-refractivity contribution in [3.8, 4) is 5.88 Å². The Morgan fingerprint density at radius 2 is 2.27 bits per heavy atom. The molecule has 0 spiro atoms. The van der Waals surface area contributed by atoms with E-state index in [1.165, 1.54) is 7.11 Å². The second-order valence-electron chi connectivity index (χ2n) is 1.97. The monoisotopic (exact) mass is 191 g/mol. The first-order chi connectivity index (χ1) is 5.26. The summed E-state index contributed by atoms with van der Waals surface area (Å²) in [6.45, 7) is 0. The maximum atomic E-state index is 5.66. The van der Waals surface area contributed by atoms with E-state index >= 15 is 0 Å². The Morgan fingerprint density at radius 1 is 1.55 bits per heavy atom. The minimum absolute atomic E-state index is 0.403. The van der Waals surface area contributed by atoms with Gasteiger partial charge in [-0.15, -0.1) is 11.6 Å². The number of halogens is 2. The van der Waals surface area contributed by atoms with E-state index in [1.54, 1.807) is 12.1 Å². The van der Waals surface area contributed by atoms with Crippen LogP contribution in [-0.4, -0.2) is 12.1 Å². The van der Waals surface area contributed by atoms with E-state index in [0.717, 1.165) is 5.56 Å². The van der Waals surface area contributed by atoms with Crippen LogP contribution in [0.5, 0.6) is 5.88 Å². The van der Waals surface area contributed by atoms with Gasteiger partial charge >= 0.3 is 0 Å². The van der Waals surface area contributed by atoms with Crippen LogP contribution in [0.15, 0.2) is 12.1 Å². The number of ether oxygens (including phenoxy) is 1. The lowest BCUT2D eigenvalue weighted by molar-refractivity contribution is 0.397. The second kappa shape index (κ2) is 3.79. The summed E-state index contributed by atoms with van der Waals surface area (Å²) in [7, 11) is 1.54. The molecule has 0 aliphatic carbocycles. The number of aromatic nitrogens is 1. The van der Waals surface area contributed by atoms with Crippen molar-refractivity contribution >= 4 is 23.2 Å². The average molecular weight is 192 g/mol. The average Bonchev–Trinajstić information content (AvgIpc) is 2.03. The first-order valence-corrected chi connectivity index (χ1v) is 3.94. The van der Waals surface area contributed by atoms with Crippen molar-refractivity contribution in [1.29, 1.82) is 0 Å². The zero-order chi connectivity index (χ0) is 8.27. The van der Waals surface area contributed by atoms with Crippen LogP contribution in [-0.2, 0) is 5.88 Å². The third kappa shape index (κ3) is 2.24. The highest BCUT2D eigenvalue weighted by Gasteiger charge is 1.98. The van der Waals surface area contributed by atoms with Gasteiger partial charge in [0.05, 0.1) is 7.11 Å². The van der Waals surface area contributed by atoms with Gasteiger partial charge in [-0.2, -0.15) is 0 Å². The van der Waals surface area contributed by atoms with E-state index in [1.807, 2.05) is 0 Å². The molecule has 0 N–H and O–H groups in total. The molecule has 0 bridgehead atoms. The van der Waals surface area contributed by atoms with Crippen molar-refractivity contribution < 1.29 is 4.74 Å². The fourth-order valence-electron chi connectivity index (χ4n) is 0.705. The van der Waals surface area contributed by atoms with Gasteiger partial charge in [0.2, 0.25) is 5.88 Å². The number of nitrogens with zero attached hydrogens (tertiary/aromatic N) is 1. The predicted octanol–water partition coefficient (Wildman–Crippen LogP) is 2.48. The minimum atomic E-state index is 0.403. The topological polar surface area (TPSA) is 22.1 Å². The van der Waals surface area contributed by atoms with Crippen LogP contribution in [0.1, 0.15) is 5.56 Å². The summed E-state index contributed by atoms with van der Waals surface area (Å²) < 4.78 is 4.88. The van der Waals surface area contributed by atoms with E-state index in [0.29, 0.717) is 16.9 Å². The molecule has 1 heterocycles. The summed E-state index contributed by atoms with van der Waals surface area (Å²) in [5.41, 5.74) is 0.906. The van der Waals surface area contributed by atoms with Crippen molar-refractivity contribution in [2.45, 2.75) is 5.88 Å². The molecule has 0 saturated heterocycles. The largest absolute Gasteiger partial charge is 0.481 e. The van der Waals surface area contributed by atoms with Crippen molar-refractivity contribution in [3.05, 3.63) is 22.8 Å². The Balaban J connectivity index is 3.02. The number of hydrogen-bond acceptors (Lipinski definition) is 2. The van der Waals surface area contributed by atoms with Crippen LogP contribution in [0.2, 0.25) is 5.15 Å². The van der Waals surface area contributed by atoms with Crippen LogP contribution >= 0.6 is 23.2 Å². The molecule has 0 fully saturated rings. The smallest absolute Gasteiger partial charge is 0.214 e. The number of rotatable bonds is 2. The summed E-state index contributed by atoms with van der Waals surface area (Å²) in [6.07, 6.45) is 0. The summed E-state index contributed by atoms with van der Waals surface area (Å²) in [4.78, 5) is 3.88. The molecule has 0 amide bonds. The molecule has 1 aromatic heterocycles. The van der Waals surface area contributed by atoms with Crippen molar-refractivity contribution in [2.24, 2.45) is 0 Å². The van der Waals surface area contributed by atoms with E-state index in [9.17, 15) is 0 Å². The third-order valence-electron chi connectivity index (χ3n) is 1.19. The Kier molecular flexibility index (Phi) is 2.97. The van der Waals surface area contributed by atoms with Gasteiger partial charge < -0.3 is 4.74 Å². The molecule has 4 heteroatoms. The molecule has 0 aromatic carbocycles. The lowest BCUT2D eigenvalue weighted by atomic mass is 10.3. The van der Waals surface area contributed by atoms with Gasteiger partial charge in [-0.1, -0.05) is 11.6 Å². The van der Waals surface area contributed by atoms with E-state index in [-0.39, 0.29) is 0 Å². The maximum Gasteiger partial charge on any atom is 0.214 e. The molecule has 0 unspecified atom stereocenters. The lowest BCUT2D eigenvalue weighted by Crippen LogP contribution is -1.89. The maximum absolute atomic E-state index is 5.66. The molecule has 0 aliphatic rings. The SMILES string of the molecule is COc1cc(CCl)cc(Cl)n1. The first kappa shape index (κ1) is 8.62. The van der Waals surface area contributed by atoms with Gasteiger partial charge in [-0.25, -0.2) is 4.98 Å². The Hall–Kier alpha value is -0.470. The molecule has 2 nitrogen and oxygen atoms in total. The number of hydrogen-bond donors (Lipinski definition) is 0. The molecule has 1 aromatic rings. The Morgan fingerprint density at radius 3 is 2.82 bits per heavy atom. The number of alkyl halides is 1. The lowest BCUT2D eigenvalue weighted by Gasteiger charge is -2.00. The fourth-order valence-corrected chi connectivity index (χ4v) is 1.08. The highest BCUT2D eigenvalue weighted by molar-refractivity contribution is 6.29. The highest BCUT2D eigenvalue weighted by atomic mass is 35.5. The first-order valence-electron chi connectivity index (χ1n) is 3.02. The molecule has 0 saturated carbocycles. The number of pyridine rings is 1. The molecule has 11 heavy (non-hydrogen) atoms. The van der Waals surface area contributed by atoms with E-state index < -0.39 is 0 Å². The molecule has 1 rings (SSSR count). The van der Waals surface area contributed by atoms with Gasteiger partial charge in [0.25, 0.3) is 0 Å². The zero-order valence-electron chi connectivity index (χ0n) is 5.97. The second-order valence-corrected chi connectivity index (χ2v) is 2.63. The van der Waals surface area contributed by atoms with Crippen molar-refractivity contribution in [3.63, 3.8) is 0 Å². The molecule has 60 valence electrons. The van der Waals surface area contributed by atoms with Gasteiger partial charge in [0, 0.05) is 11.9 Å². The summed E-state index contributed by atoms with van der Waals surface area (Å²) in [6, 6.07) is 3.45. The molecular formula is C7H7Cl2NO. The Bertz CT molecular complexity index is 230. The minimum Gasteiger partial charge on any atom is -0.481 e. The standard InChI is InChI=1S/C7H7Cl2NO/c1-11-7-3-5(4-8)2-6(9)10-7/h2-3H,4H2,1H3. The van der Waals surface area contributed by atoms with Crippen molar-refractivity contribution in [2.75, 3.05) is 7.11 Å². The number of methoxy groups -OCH3 is 1. The quantitative estimate of drug-likeness (QED) is 0.530. The van der Waals surface area contributed by atoms with Crippen LogP contribution in [0.3, 0.4) is 0 Å².